The first-order valence-electron chi connectivity index (χ1n) is 6.55. The van der Waals surface area contributed by atoms with E-state index in [-0.39, 0.29) is 11.2 Å². The van der Waals surface area contributed by atoms with Gasteiger partial charge in [-0.15, -0.1) is 5.23 Å². The van der Waals surface area contributed by atoms with Crippen molar-refractivity contribution in [3.05, 3.63) is 18.2 Å². The molecule has 1 aromatic carbocycles. The lowest BCUT2D eigenvalue weighted by atomic mass is 9.84. The van der Waals surface area contributed by atoms with Gasteiger partial charge in [-0.25, -0.2) is 9.68 Å². The second-order valence-corrected chi connectivity index (χ2v) is 8.09. The Bertz CT molecular complexity index is 527. The molecule has 2 heterocycles. The average molecular weight is 405 g/mol. The Labute approximate surface area is 134 Å². The van der Waals surface area contributed by atoms with Gasteiger partial charge < -0.3 is 0 Å². The Morgan fingerprint density at radius 2 is 1.85 bits per heavy atom. The van der Waals surface area contributed by atoms with E-state index in [1.54, 1.807) is 5.23 Å². The molecule has 20 heavy (non-hydrogen) atoms. The molecule has 0 bridgehead atoms. The van der Waals surface area contributed by atoms with Crippen LogP contribution in [0.3, 0.4) is 0 Å². The van der Waals surface area contributed by atoms with Gasteiger partial charge in [-0.2, -0.15) is 0 Å². The maximum atomic E-state index is 5.94. The lowest BCUT2D eigenvalue weighted by Gasteiger charge is -2.26. The molecule has 0 radical (unpaired) electrons. The average Bonchev–Trinajstić information content (AvgIpc) is 2.87. The summed E-state index contributed by atoms with van der Waals surface area (Å²) in [7, 11) is 0.847. The van der Waals surface area contributed by atoms with Gasteiger partial charge in [0, 0.05) is 0 Å². The van der Waals surface area contributed by atoms with E-state index in [2.05, 4.69) is 44.3 Å². The van der Waals surface area contributed by atoms with Crippen LogP contribution in [0.25, 0.3) is 0 Å². The van der Waals surface area contributed by atoms with Crippen LogP contribution in [-0.2, 0) is 9.68 Å². The van der Waals surface area contributed by atoms with E-state index >= 15 is 0 Å². The maximum Gasteiger partial charge on any atom is 0.261 e. The second kappa shape index (κ2) is 4.99. The van der Waals surface area contributed by atoms with Crippen molar-refractivity contribution < 1.29 is 9.68 Å². The molecule has 0 amide bonds. The van der Waals surface area contributed by atoms with Crippen LogP contribution in [0, 0.1) is 0 Å². The fourth-order valence-electron chi connectivity index (χ4n) is 2.13. The summed E-state index contributed by atoms with van der Waals surface area (Å²) < 4.78 is 2.17. The van der Waals surface area contributed by atoms with Crippen molar-refractivity contribution in [3.63, 3.8) is 0 Å². The van der Waals surface area contributed by atoms with Crippen molar-refractivity contribution in [2.45, 2.75) is 38.9 Å². The highest BCUT2D eigenvalue weighted by Crippen LogP contribution is 2.40. The summed E-state index contributed by atoms with van der Waals surface area (Å²) in [6.07, 6.45) is 0.680. The Kier molecular flexibility index (Phi) is 3.70. The Balaban J connectivity index is 1.87. The fraction of sp³-hybridized carbons (Fsp3) is 0.500. The first kappa shape index (κ1) is 14.8. The van der Waals surface area contributed by atoms with Crippen molar-refractivity contribution in [2.24, 2.45) is 0 Å². The summed E-state index contributed by atoms with van der Waals surface area (Å²) in [4.78, 5) is 11.9. The van der Waals surface area contributed by atoms with Crippen LogP contribution >= 0.6 is 28.4 Å². The minimum absolute atomic E-state index is 0.361. The predicted molar refractivity (Wildman–Crippen MR) is 94.0 cm³/mol. The topological polar surface area (TPSA) is 37.0 Å². The molecule has 2 aliphatic heterocycles. The summed E-state index contributed by atoms with van der Waals surface area (Å²) in [5.74, 6) is 0. The number of halogens is 1. The van der Waals surface area contributed by atoms with Crippen molar-refractivity contribution in [1.29, 1.82) is 0 Å². The molecule has 1 fully saturated rings. The molecule has 3 rings (SSSR count). The molecule has 1 unspecified atom stereocenters. The van der Waals surface area contributed by atoms with Gasteiger partial charge >= 0.3 is 0 Å². The van der Waals surface area contributed by atoms with Gasteiger partial charge in [0.05, 0.1) is 17.7 Å². The quantitative estimate of drug-likeness (QED) is 0.464. The summed E-state index contributed by atoms with van der Waals surface area (Å²) in [5.41, 5.74) is 2.71. The van der Waals surface area contributed by atoms with Crippen LogP contribution in [0.15, 0.2) is 18.2 Å². The number of hydrogen-bond donors (Lipinski definition) is 1. The lowest BCUT2D eigenvalue weighted by molar-refractivity contribution is -0.0272. The van der Waals surface area contributed by atoms with Gasteiger partial charge in [-0.3, -0.25) is 10.1 Å². The van der Waals surface area contributed by atoms with E-state index in [4.69, 9.17) is 9.68 Å². The molecule has 1 N–H and O–H groups in total. The molecule has 0 aliphatic carbocycles. The van der Waals surface area contributed by atoms with Crippen LogP contribution in [0.4, 0.5) is 11.4 Å². The molecule has 0 saturated carbocycles. The Morgan fingerprint density at radius 1 is 1.20 bits per heavy atom. The molecule has 1 saturated heterocycles. The summed E-state index contributed by atoms with van der Waals surface area (Å²) in [6.45, 7) is 8.17. The predicted octanol–water partition coefficient (Wildman–Crippen LogP) is 2.17. The fourth-order valence-corrected chi connectivity index (χ4v) is 3.87. The van der Waals surface area contributed by atoms with E-state index in [1.165, 1.54) is 11.2 Å². The number of benzene rings is 1. The number of fused-ring (bicyclic) bond motifs is 1. The largest absolute Gasteiger partial charge is 0.292 e. The molecule has 2 aliphatic rings. The molecule has 1 aromatic rings. The van der Waals surface area contributed by atoms with E-state index in [9.17, 15) is 0 Å². The number of nitrogens with one attached hydrogen (secondary N) is 1. The molecule has 1 atom stereocenters. The number of hydrazine groups is 1. The van der Waals surface area contributed by atoms with Crippen molar-refractivity contribution >= 4 is 52.7 Å². The van der Waals surface area contributed by atoms with E-state index < -0.39 is 0 Å². The highest BCUT2D eigenvalue weighted by Gasteiger charge is 2.50. The van der Waals surface area contributed by atoms with Gasteiger partial charge in [0.15, 0.2) is 0 Å². The summed E-state index contributed by atoms with van der Waals surface area (Å²) in [5, 5.41) is 4.91. The van der Waals surface area contributed by atoms with E-state index in [0.717, 1.165) is 13.1 Å². The van der Waals surface area contributed by atoms with Crippen molar-refractivity contribution in [1.82, 2.24) is 5.34 Å². The molecule has 5 nitrogen and oxygen atoms in total. The first-order chi connectivity index (χ1) is 9.34. The third kappa shape index (κ3) is 2.33. The standard InChI is InChI=1S/C12H18BIN3O2P/c1-11(2)12(3,4)19-17(18-11)8-5-6-10-9(7-8)13-15-16(10)20-14/h5-7,13,15,20H,1-4H3. The number of nitrogens with zero attached hydrogens (tertiary/aromatic N) is 2. The summed E-state index contributed by atoms with van der Waals surface area (Å²) in [6, 6.07) is 6.27. The Hall–Kier alpha value is -0.0751. The third-order valence-corrected chi connectivity index (χ3v) is 6.11. The van der Waals surface area contributed by atoms with E-state index in [0.29, 0.717) is 6.37 Å². The molecule has 0 spiro atoms. The van der Waals surface area contributed by atoms with E-state index in [1.807, 2.05) is 33.8 Å². The molecular formula is C12H18BIN3O2P. The zero-order valence-electron chi connectivity index (χ0n) is 12.0. The highest BCUT2D eigenvalue weighted by atomic mass is 127. The maximum absolute atomic E-state index is 5.94. The van der Waals surface area contributed by atoms with Gasteiger partial charge in [-0.05, 0) is 73.4 Å². The van der Waals surface area contributed by atoms with Gasteiger partial charge in [0.2, 0.25) is 0 Å². The molecular weight excluding hydrogens is 387 g/mol. The van der Waals surface area contributed by atoms with Crippen LogP contribution in [0.1, 0.15) is 27.7 Å². The minimum atomic E-state index is -0.361. The smallest absolute Gasteiger partial charge is 0.261 e. The third-order valence-electron chi connectivity index (χ3n) is 4.10. The zero-order chi connectivity index (χ0) is 14.5. The highest BCUT2D eigenvalue weighted by molar-refractivity contribution is 14.2. The van der Waals surface area contributed by atoms with Crippen LogP contribution in [0.2, 0.25) is 0 Å². The zero-order valence-corrected chi connectivity index (χ0v) is 15.2. The number of rotatable bonds is 2. The summed E-state index contributed by atoms with van der Waals surface area (Å²) >= 11 is 2.37. The molecule has 8 heteroatoms. The second-order valence-electron chi connectivity index (χ2n) is 6.03. The first-order valence-corrected chi connectivity index (χ1v) is 10.6. The SMILES string of the molecule is CC1(C)ON(c2ccc3c(c2)BNN3PI)OC1(C)C. The monoisotopic (exact) mass is 405 g/mol. The van der Waals surface area contributed by atoms with Crippen molar-refractivity contribution in [2.75, 3.05) is 10.0 Å². The number of anilines is 2. The van der Waals surface area contributed by atoms with Crippen molar-refractivity contribution in [3.8, 4) is 0 Å². The Morgan fingerprint density at radius 3 is 2.45 bits per heavy atom. The van der Waals surface area contributed by atoms with Gasteiger partial charge in [-0.1, -0.05) is 0 Å². The lowest BCUT2D eigenvalue weighted by Crippen LogP contribution is -2.41. The normalized spacial score (nSPS) is 23.4. The van der Waals surface area contributed by atoms with Crippen LogP contribution in [0.5, 0.6) is 0 Å². The number of hydrogen-bond acceptors (Lipinski definition) is 5. The van der Waals surface area contributed by atoms with Crippen LogP contribution in [-0.4, -0.2) is 18.6 Å². The van der Waals surface area contributed by atoms with Gasteiger partial charge in [0.25, 0.3) is 7.41 Å². The minimum Gasteiger partial charge on any atom is -0.292 e. The van der Waals surface area contributed by atoms with Gasteiger partial charge in [0.1, 0.15) is 11.2 Å². The molecule has 108 valence electrons. The molecule has 0 aromatic heterocycles. The van der Waals surface area contributed by atoms with Crippen LogP contribution < -0.4 is 20.8 Å².